The molecule has 1 aromatic carbocycles. The molecule has 7 nitrogen and oxygen atoms in total. The van der Waals surface area contributed by atoms with E-state index in [-0.39, 0.29) is 22.9 Å². The number of anilines is 2. The molecule has 0 amide bonds. The van der Waals surface area contributed by atoms with Crippen LogP contribution in [0.2, 0.25) is 0 Å². The van der Waals surface area contributed by atoms with Crippen LogP contribution in [0.4, 0.5) is 17.3 Å². The molecule has 0 aliphatic heterocycles. The van der Waals surface area contributed by atoms with Gasteiger partial charge in [0, 0.05) is 40.4 Å². The average molecular weight is 310 g/mol. The molecule has 1 N–H and O–H groups in total. The summed E-state index contributed by atoms with van der Waals surface area (Å²) in [6.07, 6.45) is 4.77. The quantitative estimate of drug-likeness (QED) is 0.585. The molecule has 0 saturated carbocycles. The van der Waals surface area contributed by atoms with Crippen molar-refractivity contribution in [3.63, 3.8) is 0 Å². The van der Waals surface area contributed by atoms with Gasteiger partial charge in [0.2, 0.25) is 5.95 Å². The van der Waals surface area contributed by atoms with E-state index >= 15 is 0 Å². The Labute approximate surface area is 136 Å². The minimum absolute atomic E-state index is 0.0570. The van der Waals surface area contributed by atoms with E-state index in [0.29, 0.717) is 5.69 Å². The first-order valence-electron chi connectivity index (χ1n) is 8.14. The van der Waals surface area contributed by atoms with Gasteiger partial charge in [0.05, 0.1) is 16.3 Å². The van der Waals surface area contributed by atoms with Crippen LogP contribution in [-0.2, 0) is 0 Å². The number of rotatable bonds is 4. The number of nitrogens with zero attached hydrogens (tertiary/aromatic N) is 4. The first-order chi connectivity index (χ1) is 12.3. The number of nitro groups is 1. The summed E-state index contributed by atoms with van der Waals surface area (Å²) in [5, 5.41) is 13.8. The first-order valence-corrected chi connectivity index (χ1v) is 6.64. The molecule has 0 saturated heterocycles. The third kappa shape index (κ3) is 3.29. The number of hydrogen-bond acceptors (Lipinski definition) is 6. The number of hydrogen-bond donors (Lipinski definition) is 1. The molecule has 0 atom stereocenters. The fourth-order valence-electron chi connectivity index (χ4n) is 1.96. The highest BCUT2D eigenvalue weighted by molar-refractivity contribution is 5.64. The van der Waals surface area contributed by atoms with E-state index in [1.54, 1.807) is 24.5 Å². The predicted molar refractivity (Wildman–Crippen MR) is 86.4 cm³/mol. The van der Waals surface area contributed by atoms with E-state index in [2.05, 4.69) is 20.3 Å². The van der Waals surface area contributed by atoms with E-state index in [9.17, 15) is 10.1 Å². The molecule has 0 spiro atoms. The Morgan fingerprint density at radius 2 is 2.17 bits per heavy atom. The lowest BCUT2D eigenvalue weighted by Crippen LogP contribution is -2.00. The maximum Gasteiger partial charge on any atom is 0.271 e. The van der Waals surface area contributed by atoms with Crippen LogP contribution in [0.5, 0.6) is 0 Å². The van der Waals surface area contributed by atoms with Crippen LogP contribution in [0.25, 0.3) is 11.3 Å². The lowest BCUT2D eigenvalue weighted by atomic mass is 10.2. The molecule has 3 aromatic rings. The smallest absolute Gasteiger partial charge is 0.271 e. The Morgan fingerprint density at radius 1 is 1.26 bits per heavy atom. The minimum atomic E-state index is -2.45. The molecule has 2 heterocycles. The summed E-state index contributed by atoms with van der Waals surface area (Å²) in [4.78, 5) is 22.8. The summed E-state index contributed by atoms with van der Waals surface area (Å²) in [7, 11) is 0. The zero-order valence-electron chi connectivity index (χ0n) is 14.8. The van der Waals surface area contributed by atoms with Gasteiger partial charge in [-0.1, -0.05) is 6.07 Å². The van der Waals surface area contributed by atoms with Crippen molar-refractivity contribution >= 4 is 17.3 Å². The Bertz CT molecular complexity index is 948. The fourth-order valence-corrected chi connectivity index (χ4v) is 1.96. The standard InChI is InChI=1S/C16H13N5O2/c1-11-4-5-13(21(22)23)9-15(11)20-16-18-8-6-14(19-16)12-3-2-7-17-10-12/h2-10H,1H3,(H,18,19,20)/i1D3. The highest BCUT2D eigenvalue weighted by Crippen LogP contribution is 2.25. The van der Waals surface area contributed by atoms with E-state index in [4.69, 9.17) is 4.11 Å². The summed E-state index contributed by atoms with van der Waals surface area (Å²) >= 11 is 0. The molecule has 114 valence electrons. The molecule has 0 radical (unpaired) electrons. The van der Waals surface area contributed by atoms with Crippen molar-refractivity contribution in [1.29, 1.82) is 0 Å². The molecule has 23 heavy (non-hydrogen) atoms. The summed E-state index contributed by atoms with van der Waals surface area (Å²) in [6, 6.07) is 8.78. The summed E-state index contributed by atoms with van der Waals surface area (Å²) in [5.74, 6) is 0.123. The predicted octanol–water partition coefficient (Wildman–Crippen LogP) is 3.50. The van der Waals surface area contributed by atoms with Crippen molar-refractivity contribution in [3.8, 4) is 11.3 Å². The third-order valence-corrected chi connectivity index (χ3v) is 3.07. The molecule has 7 heteroatoms. The van der Waals surface area contributed by atoms with E-state index in [0.717, 1.165) is 17.7 Å². The van der Waals surface area contributed by atoms with Crippen LogP contribution in [0.15, 0.2) is 55.0 Å². The number of aromatic nitrogens is 3. The SMILES string of the molecule is [2H]C([2H])([2H])c1ccc([N+](=O)[O-])cc1Nc1nccc(-c2cccnc2)n1. The van der Waals surface area contributed by atoms with Crippen LogP contribution in [0.3, 0.4) is 0 Å². The number of benzene rings is 1. The molecular weight excluding hydrogens is 294 g/mol. The summed E-state index contributed by atoms with van der Waals surface area (Å²) in [6.45, 7) is -2.45. The molecule has 0 unspecified atom stereocenters. The van der Waals surface area contributed by atoms with Crippen LogP contribution in [0.1, 0.15) is 9.68 Å². The van der Waals surface area contributed by atoms with Gasteiger partial charge in [0.1, 0.15) is 0 Å². The van der Waals surface area contributed by atoms with Gasteiger partial charge in [-0.3, -0.25) is 15.1 Å². The van der Waals surface area contributed by atoms with Gasteiger partial charge in [-0.2, -0.15) is 0 Å². The van der Waals surface area contributed by atoms with Crippen molar-refractivity contribution in [2.24, 2.45) is 0 Å². The van der Waals surface area contributed by atoms with Crippen LogP contribution in [-0.4, -0.2) is 19.9 Å². The highest BCUT2D eigenvalue weighted by Gasteiger charge is 2.10. The van der Waals surface area contributed by atoms with Crippen LogP contribution < -0.4 is 5.32 Å². The van der Waals surface area contributed by atoms with Crippen molar-refractivity contribution in [3.05, 3.63) is 70.7 Å². The van der Waals surface area contributed by atoms with Gasteiger partial charge < -0.3 is 5.32 Å². The lowest BCUT2D eigenvalue weighted by Gasteiger charge is -2.09. The maximum atomic E-state index is 11.0. The van der Waals surface area contributed by atoms with Gasteiger partial charge in [0.25, 0.3) is 5.69 Å². The molecule has 0 aliphatic rings. The fraction of sp³-hybridized carbons (Fsp3) is 0.0625. The molecule has 2 aromatic heterocycles. The average Bonchev–Trinajstić information content (AvgIpc) is 2.61. The first kappa shape index (κ1) is 11.2. The van der Waals surface area contributed by atoms with Gasteiger partial charge in [-0.25, -0.2) is 9.97 Å². The van der Waals surface area contributed by atoms with Crippen molar-refractivity contribution in [1.82, 2.24) is 15.0 Å². The van der Waals surface area contributed by atoms with E-state index in [1.807, 2.05) is 6.07 Å². The zero-order chi connectivity index (χ0) is 18.7. The molecule has 3 rings (SSSR count). The second kappa shape index (κ2) is 6.18. The molecule has 0 bridgehead atoms. The summed E-state index contributed by atoms with van der Waals surface area (Å²) in [5.41, 5.74) is 1.11. The van der Waals surface area contributed by atoms with Crippen molar-refractivity contribution in [2.45, 2.75) is 6.85 Å². The minimum Gasteiger partial charge on any atom is -0.324 e. The third-order valence-electron chi connectivity index (χ3n) is 3.07. The van der Waals surface area contributed by atoms with Crippen LogP contribution in [0, 0.1) is 17.0 Å². The van der Waals surface area contributed by atoms with Gasteiger partial charge in [-0.05, 0) is 30.6 Å². The van der Waals surface area contributed by atoms with Crippen molar-refractivity contribution in [2.75, 3.05) is 5.32 Å². The van der Waals surface area contributed by atoms with Gasteiger partial charge >= 0.3 is 0 Å². The Morgan fingerprint density at radius 3 is 2.91 bits per heavy atom. The van der Waals surface area contributed by atoms with Gasteiger partial charge in [-0.15, -0.1) is 0 Å². The number of nitrogens with one attached hydrogen (secondary N) is 1. The monoisotopic (exact) mass is 310 g/mol. The van der Waals surface area contributed by atoms with Gasteiger partial charge in [0.15, 0.2) is 0 Å². The molecular formula is C16H13N5O2. The van der Waals surface area contributed by atoms with E-state index in [1.165, 1.54) is 12.3 Å². The zero-order valence-corrected chi connectivity index (χ0v) is 11.8. The Kier molecular flexibility index (Phi) is 3.02. The second-order valence-corrected chi connectivity index (χ2v) is 4.62. The maximum absolute atomic E-state index is 11.0. The number of non-ortho nitro benzene ring substituents is 1. The molecule has 0 fully saturated rings. The van der Waals surface area contributed by atoms with E-state index < -0.39 is 11.8 Å². The van der Waals surface area contributed by atoms with Crippen molar-refractivity contribution < 1.29 is 9.04 Å². The number of pyridine rings is 1. The number of aryl methyl sites for hydroxylation is 1. The topological polar surface area (TPSA) is 93.8 Å². The number of nitro benzene ring substituents is 1. The highest BCUT2D eigenvalue weighted by atomic mass is 16.6. The largest absolute Gasteiger partial charge is 0.324 e. The Hall–Kier alpha value is -3.35. The summed E-state index contributed by atoms with van der Waals surface area (Å²) < 4.78 is 22.8. The lowest BCUT2D eigenvalue weighted by molar-refractivity contribution is -0.384. The normalized spacial score (nSPS) is 12.8. The van der Waals surface area contributed by atoms with Crippen LogP contribution >= 0.6 is 0 Å². The molecule has 0 aliphatic carbocycles. The second-order valence-electron chi connectivity index (χ2n) is 4.62. The Balaban J connectivity index is 2.00.